The highest BCUT2D eigenvalue weighted by molar-refractivity contribution is 6.07. The van der Waals surface area contributed by atoms with Crippen LogP contribution in [0.4, 0.5) is 5.69 Å². The topological polar surface area (TPSA) is 92.1 Å². The number of ether oxygens (including phenoxy) is 1. The van der Waals surface area contributed by atoms with Gasteiger partial charge in [-0.25, -0.2) is 9.78 Å². The Labute approximate surface area is 140 Å². The van der Waals surface area contributed by atoms with Gasteiger partial charge in [0.15, 0.2) is 0 Å². The number of amides is 1. The monoisotopic (exact) mass is 323 g/mol. The number of anilines is 1. The number of carbonyl (C=O) groups excluding carboxylic acids is 2. The molecule has 0 atom stereocenters. The van der Waals surface area contributed by atoms with Gasteiger partial charge in [0.2, 0.25) is 0 Å². The van der Waals surface area contributed by atoms with Gasteiger partial charge in [0, 0.05) is 6.20 Å². The summed E-state index contributed by atoms with van der Waals surface area (Å²) in [5.41, 5.74) is 1.19. The lowest BCUT2D eigenvalue weighted by Crippen LogP contribution is -2.16. The normalized spacial score (nSPS) is 9.83. The van der Waals surface area contributed by atoms with Gasteiger partial charge in [-0.2, -0.15) is 5.26 Å². The molecular formula is C18H17N3O3. The SMILES string of the molecule is CCCCOC(=O)c1ccccc1NC(=O)c1ccc(C#N)nc1. The predicted molar refractivity (Wildman–Crippen MR) is 88.5 cm³/mol. The molecule has 1 aromatic carbocycles. The van der Waals surface area contributed by atoms with Crippen LogP contribution in [-0.2, 0) is 4.74 Å². The van der Waals surface area contributed by atoms with Gasteiger partial charge in [0.1, 0.15) is 11.8 Å². The van der Waals surface area contributed by atoms with Crippen LogP contribution in [0.25, 0.3) is 0 Å². The van der Waals surface area contributed by atoms with Gasteiger partial charge in [0.25, 0.3) is 5.91 Å². The number of rotatable bonds is 6. The lowest BCUT2D eigenvalue weighted by molar-refractivity contribution is 0.0501. The molecule has 0 fully saturated rings. The number of esters is 1. The van der Waals surface area contributed by atoms with Gasteiger partial charge in [-0.05, 0) is 30.7 Å². The second-order valence-corrected chi connectivity index (χ2v) is 5.03. The minimum absolute atomic E-state index is 0.228. The lowest BCUT2D eigenvalue weighted by Gasteiger charge is -2.10. The van der Waals surface area contributed by atoms with Crippen molar-refractivity contribution < 1.29 is 14.3 Å². The highest BCUT2D eigenvalue weighted by Gasteiger charge is 2.15. The van der Waals surface area contributed by atoms with E-state index < -0.39 is 11.9 Å². The number of nitrogens with zero attached hydrogens (tertiary/aromatic N) is 2. The van der Waals surface area contributed by atoms with E-state index >= 15 is 0 Å². The van der Waals surface area contributed by atoms with Crippen LogP contribution in [0.5, 0.6) is 0 Å². The first-order valence-corrected chi connectivity index (χ1v) is 7.59. The predicted octanol–water partition coefficient (Wildman–Crippen LogP) is 3.16. The van der Waals surface area contributed by atoms with Crippen molar-refractivity contribution in [2.45, 2.75) is 19.8 Å². The minimum atomic E-state index is -0.475. The zero-order valence-electron chi connectivity index (χ0n) is 13.3. The van der Waals surface area contributed by atoms with Gasteiger partial charge in [-0.1, -0.05) is 25.5 Å². The number of unbranched alkanes of at least 4 members (excludes halogenated alkanes) is 1. The summed E-state index contributed by atoms with van der Waals surface area (Å²) in [6, 6.07) is 11.5. The van der Waals surface area contributed by atoms with Crippen LogP contribution in [0.15, 0.2) is 42.6 Å². The Morgan fingerprint density at radius 2 is 2.04 bits per heavy atom. The minimum Gasteiger partial charge on any atom is -0.462 e. The quantitative estimate of drug-likeness (QED) is 0.651. The fourth-order valence-corrected chi connectivity index (χ4v) is 1.95. The highest BCUT2D eigenvalue weighted by atomic mass is 16.5. The number of hydrogen-bond acceptors (Lipinski definition) is 5. The Bertz CT molecular complexity index is 764. The van der Waals surface area contributed by atoms with Crippen LogP contribution in [0.3, 0.4) is 0 Å². The third-order valence-electron chi connectivity index (χ3n) is 3.27. The Kier molecular flexibility index (Phi) is 6.03. The number of hydrogen-bond donors (Lipinski definition) is 1. The third kappa shape index (κ3) is 4.40. The average molecular weight is 323 g/mol. The van der Waals surface area contributed by atoms with E-state index in [4.69, 9.17) is 10.00 Å². The maximum atomic E-state index is 12.3. The summed E-state index contributed by atoms with van der Waals surface area (Å²) in [5.74, 6) is -0.891. The van der Waals surface area contributed by atoms with Crippen LogP contribution in [0.2, 0.25) is 0 Å². The van der Waals surface area contributed by atoms with Crippen molar-refractivity contribution in [3.05, 3.63) is 59.4 Å². The number of aromatic nitrogens is 1. The molecule has 0 aliphatic carbocycles. The van der Waals surface area contributed by atoms with E-state index in [1.165, 1.54) is 18.3 Å². The van der Waals surface area contributed by atoms with Gasteiger partial charge >= 0.3 is 5.97 Å². The van der Waals surface area contributed by atoms with Crippen LogP contribution in [0, 0.1) is 11.3 Å². The van der Waals surface area contributed by atoms with Gasteiger partial charge < -0.3 is 10.1 Å². The number of para-hydroxylation sites is 1. The molecular weight excluding hydrogens is 306 g/mol. The van der Waals surface area contributed by atoms with Crippen molar-refractivity contribution in [3.63, 3.8) is 0 Å². The molecule has 6 heteroatoms. The molecule has 6 nitrogen and oxygen atoms in total. The Hall–Kier alpha value is -3.20. The lowest BCUT2D eigenvalue weighted by atomic mass is 10.1. The number of benzene rings is 1. The van der Waals surface area contributed by atoms with Crippen LogP contribution in [-0.4, -0.2) is 23.5 Å². The first-order chi connectivity index (χ1) is 11.7. The number of nitriles is 1. The maximum Gasteiger partial charge on any atom is 0.340 e. The van der Waals surface area contributed by atoms with Crippen molar-refractivity contribution in [2.75, 3.05) is 11.9 Å². The van der Waals surface area contributed by atoms with Crippen LogP contribution < -0.4 is 5.32 Å². The van der Waals surface area contributed by atoms with Crippen molar-refractivity contribution in [2.24, 2.45) is 0 Å². The summed E-state index contributed by atoms with van der Waals surface area (Å²) in [7, 11) is 0. The van der Waals surface area contributed by atoms with Gasteiger partial charge in [-0.15, -0.1) is 0 Å². The number of pyridine rings is 1. The molecule has 0 aliphatic heterocycles. The Morgan fingerprint density at radius 3 is 2.71 bits per heavy atom. The Morgan fingerprint density at radius 1 is 1.25 bits per heavy atom. The molecule has 0 radical (unpaired) electrons. The summed E-state index contributed by atoms with van der Waals surface area (Å²) in [5, 5.41) is 11.4. The van der Waals surface area contributed by atoms with E-state index in [0.29, 0.717) is 23.4 Å². The molecule has 0 aliphatic rings. The van der Waals surface area contributed by atoms with Gasteiger partial charge in [-0.3, -0.25) is 4.79 Å². The van der Waals surface area contributed by atoms with Crippen molar-refractivity contribution in [3.8, 4) is 6.07 Å². The van der Waals surface area contributed by atoms with Crippen molar-refractivity contribution in [1.82, 2.24) is 4.98 Å². The molecule has 1 heterocycles. The van der Waals surface area contributed by atoms with Crippen LogP contribution >= 0.6 is 0 Å². The van der Waals surface area contributed by atoms with Crippen molar-refractivity contribution in [1.29, 1.82) is 5.26 Å². The molecule has 0 unspecified atom stereocenters. The zero-order chi connectivity index (χ0) is 17.4. The number of nitrogens with one attached hydrogen (secondary N) is 1. The highest BCUT2D eigenvalue weighted by Crippen LogP contribution is 2.17. The average Bonchev–Trinajstić information content (AvgIpc) is 2.62. The molecule has 2 aromatic rings. The summed E-state index contributed by atoms with van der Waals surface area (Å²) in [6.07, 6.45) is 3.03. The molecule has 0 spiro atoms. The van der Waals surface area contributed by atoms with E-state index in [-0.39, 0.29) is 5.69 Å². The second kappa shape index (κ2) is 8.44. The zero-order valence-corrected chi connectivity index (χ0v) is 13.3. The summed E-state index contributed by atoms with van der Waals surface area (Å²) < 4.78 is 5.19. The molecule has 1 amide bonds. The first kappa shape index (κ1) is 17.2. The fraction of sp³-hybridized carbons (Fsp3) is 0.222. The summed E-state index contributed by atoms with van der Waals surface area (Å²) in [4.78, 5) is 28.2. The Balaban J connectivity index is 2.12. The van der Waals surface area contributed by atoms with E-state index in [1.54, 1.807) is 24.3 Å². The molecule has 24 heavy (non-hydrogen) atoms. The smallest absolute Gasteiger partial charge is 0.340 e. The fourth-order valence-electron chi connectivity index (χ4n) is 1.95. The van der Waals surface area contributed by atoms with E-state index in [0.717, 1.165) is 12.8 Å². The molecule has 0 saturated heterocycles. The van der Waals surface area contributed by atoms with E-state index in [1.807, 2.05) is 13.0 Å². The molecule has 122 valence electrons. The molecule has 0 saturated carbocycles. The summed E-state index contributed by atoms with van der Waals surface area (Å²) in [6.45, 7) is 2.35. The maximum absolute atomic E-state index is 12.3. The molecule has 0 bridgehead atoms. The first-order valence-electron chi connectivity index (χ1n) is 7.59. The second-order valence-electron chi connectivity index (χ2n) is 5.03. The molecule has 1 N–H and O–H groups in total. The molecule has 1 aromatic heterocycles. The summed E-state index contributed by atoms with van der Waals surface area (Å²) >= 11 is 0. The third-order valence-corrected chi connectivity index (χ3v) is 3.27. The number of carbonyl (C=O) groups is 2. The largest absolute Gasteiger partial charge is 0.462 e. The van der Waals surface area contributed by atoms with E-state index in [2.05, 4.69) is 10.3 Å². The van der Waals surface area contributed by atoms with Gasteiger partial charge in [0.05, 0.1) is 23.4 Å². The molecule has 2 rings (SSSR count). The van der Waals surface area contributed by atoms with Crippen LogP contribution in [0.1, 0.15) is 46.2 Å². The van der Waals surface area contributed by atoms with Crippen molar-refractivity contribution >= 4 is 17.6 Å². The van der Waals surface area contributed by atoms with E-state index in [9.17, 15) is 9.59 Å². The standard InChI is InChI=1S/C18H17N3O3/c1-2-3-10-24-18(23)15-6-4-5-7-16(15)21-17(22)13-8-9-14(11-19)20-12-13/h4-9,12H,2-3,10H2,1H3,(H,21,22).